The highest BCUT2D eigenvalue weighted by Crippen LogP contribution is 2.25. The first-order chi connectivity index (χ1) is 6.79. The molecule has 76 valence electrons. The minimum atomic E-state index is 0.561. The summed E-state index contributed by atoms with van der Waals surface area (Å²) in [6.07, 6.45) is 1.75. The van der Waals surface area contributed by atoms with E-state index >= 15 is 0 Å². The van der Waals surface area contributed by atoms with Gasteiger partial charge in [0, 0.05) is 5.39 Å². The topological polar surface area (TPSA) is 13.1 Å². The molecule has 1 heterocycles. The van der Waals surface area contributed by atoms with Crippen LogP contribution in [-0.4, -0.2) is 0 Å². The molecule has 2 aromatic rings. The molecule has 0 radical (unpaired) electrons. The maximum Gasteiger partial charge on any atom is 0.134 e. The van der Waals surface area contributed by atoms with Crippen molar-refractivity contribution in [1.82, 2.24) is 0 Å². The summed E-state index contributed by atoms with van der Waals surface area (Å²) < 4.78 is 5.31. The SMILES string of the molecule is CC.CC(C)c1cccc2occc12. The Bertz CT molecular complexity index is 385. The van der Waals surface area contributed by atoms with Crippen LogP contribution in [0.15, 0.2) is 34.9 Å². The predicted octanol–water partition coefficient (Wildman–Crippen LogP) is 4.58. The van der Waals surface area contributed by atoms with E-state index in [0.29, 0.717) is 5.92 Å². The molecular formula is C13H18O. The van der Waals surface area contributed by atoms with E-state index in [2.05, 4.69) is 19.9 Å². The molecule has 0 aliphatic rings. The van der Waals surface area contributed by atoms with Gasteiger partial charge in [0.25, 0.3) is 0 Å². The zero-order chi connectivity index (χ0) is 10.6. The smallest absolute Gasteiger partial charge is 0.134 e. The van der Waals surface area contributed by atoms with Crippen LogP contribution in [-0.2, 0) is 0 Å². The number of benzene rings is 1. The third-order valence-corrected chi connectivity index (χ3v) is 2.15. The molecule has 0 N–H and O–H groups in total. The van der Waals surface area contributed by atoms with Crippen LogP contribution < -0.4 is 0 Å². The summed E-state index contributed by atoms with van der Waals surface area (Å²) in [7, 11) is 0. The van der Waals surface area contributed by atoms with E-state index in [1.807, 2.05) is 32.0 Å². The highest BCUT2D eigenvalue weighted by Gasteiger charge is 2.05. The van der Waals surface area contributed by atoms with Gasteiger partial charge in [0.15, 0.2) is 0 Å². The van der Waals surface area contributed by atoms with E-state index in [1.165, 1.54) is 10.9 Å². The van der Waals surface area contributed by atoms with Crippen LogP contribution in [0.1, 0.15) is 39.2 Å². The Labute approximate surface area is 85.7 Å². The summed E-state index contributed by atoms with van der Waals surface area (Å²) in [5.74, 6) is 0.561. The second-order valence-corrected chi connectivity index (χ2v) is 3.33. The normalized spacial score (nSPS) is 10.1. The summed E-state index contributed by atoms with van der Waals surface area (Å²) in [6.45, 7) is 8.39. The highest BCUT2D eigenvalue weighted by atomic mass is 16.3. The van der Waals surface area contributed by atoms with Crippen molar-refractivity contribution in [3.63, 3.8) is 0 Å². The fraction of sp³-hybridized carbons (Fsp3) is 0.385. The monoisotopic (exact) mass is 190 g/mol. The second kappa shape index (κ2) is 4.85. The first-order valence-corrected chi connectivity index (χ1v) is 5.25. The lowest BCUT2D eigenvalue weighted by Gasteiger charge is -2.04. The molecule has 0 aliphatic carbocycles. The summed E-state index contributed by atoms with van der Waals surface area (Å²) in [6, 6.07) is 8.23. The third-order valence-electron chi connectivity index (χ3n) is 2.15. The van der Waals surface area contributed by atoms with E-state index in [4.69, 9.17) is 4.42 Å². The summed E-state index contributed by atoms with van der Waals surface area (Å²) in [5.41, 5.74) is 2.35. The lowest BCUT2D eigenvalue weighted by molar-refractivity contribution is 0.615. The van der Waals surface area contributed by atoms with E-state index < -0.39 is 0 Å². The van der Waals surface area contributed by atoms with Crippen LogP contribution in [0.5, 0.6) is 0 Å². The van der Waals surface area contributed by atoms with Gasteiger partial charge in [0.1, 0.15) is 5.58 Å². The van der Waals surface area contributed by atoms with Gasteiger partial charge in [-0.05, 0) is 23.6 Å². The second-order valence-electron chi connectivity index (χ2n) is 3.33. The fourth-order valence-electron chi connectivity index (χ4n) is 1.52. The fourth-order valence-corrected chi connectivity index (χ4v) is 1.52. The first kappa shape index (κ1) is 10.8. The minimum absolute atomic E-state index is 0.561. The first-order valence-electron chi connectivity index (χ1n) is 5.25. The van der Waals surface area contributed by atoms with Crippen molar-refractivity contribution in [2.75, 3.05) is 0 Å². The van der Waals surface area contributed by atoms with Crippen LogP contribution in [0.3, 0.4) is 0 Å². The Morgan fingerprint density at radius 3 is 2.43 bits per heavy atom. The largest absolute Gasteiger partial charge is 0.464 e. The highest BCUT2D eigenvalue weighted by molar-refractivity contribution is 5.81. The van der Waals surface area contributed by atoms with Crippen molar-refractivity contribution in [3.05, 3.63) is 36.1 Å². The maximum atomic E-state index is 5.31. The third kappa shape index (κ3) is 1.98. The van der Waals surface area contributed by atoms with E-state index in [1.54, 1.807) is 6.26 Å². The quantitative estimate of drug-likeness (QED) is 0.641. The lowest BCUT2D eigenvalue weighted by atomic mass is 10.00. The number of fused-ring (bicyclic) bond motifs is 1. The van der Waals surface area contributed by atoms with Crippen LogP contribution in [0.2, 0.25) is 0 Å². The molecule has 1 aromatic carbocycles. The van der Waals surface area contributed by atoms with Gasteiger partial charge in [-0.2, -0.15) is 0 Å². The summed E-state index contributed by atoms with van der Waals surface area (Å²) in [5, 5.41) is 1.24. The van der Waals surface area contributed by atoms with Gasteiger partial charge in [0.05, 0.1) is 6.26 Å². The van der Waals surface area contributed by atoms with Crippen molar-refractivity contribution < 1.29 is 4.42 Å². The molecule has 0 fully saturated rings. The number of furan rings is 1. The molecule has 14 heavy (non-hydrogen) atoms. The Hall–Kier alpha value is -1.24. The number of rotatable bonds is 1. The van der Waals surface area contributed by atoms with Gasteiger partial charge in [-0.15, -0.1) is 0 Å². The number of hydrogen-bond donors (Lipinski definition) is 0. The van der Waals surface area contributed by atoms with Crippen molar-refractivity contribution in [2.24, 2.45) is 0 Å². The van der Waals surface area contributed by atoms with Gasteiger partial charge in [-0.1, -0.05) is 39.8 Å². The van der Waals surface area contributed by atoms with Crippen molar-refractivity contribution in [3.8, 4) is 0 Å². The molecule has 0 amide bonds. The average molecular weight is 190 g/mol. The molecule has 2 rings (SSSR count). The van der Waals surface area contributed by atoms with Gasteiger partial charge in [-0.25, -0.2) is 0 Å². The Kier molecular flexibility index (Phi) is 3.75. The molecule has 0 spiro atoms. The summed E-state index contributed by atoms with van der Waals surface area (Å²) >= 11 is 0. The molecular weight excluding hydrogens is 172 g/mol. The Morgan fingerprint density at radius 1 is 1.07 bits per heavy atom. The molecule has 0 bridgehead atoms. The summed E-state index contributed by atoms with van der Waals surface area (Å²) in [4.78, 5) is 0. The zero-order valence-corrected chi connectivity index (χ0v) is 9.37. The van der Waals surface area contributed by atoms with Crippen molar-refractivity contribution in [1.29, 1.82) is 0 Å². The molecule has 0 atom stereocenters. The predicted molar refractivity (Wildman–Crippen MR) is 61.7 cm³/mol. The minimum Gasteiger partial charge on any atom is -0.464 e. The Morgan fingerprint density at radius 2 is 1.79 bits per heavy atom. The molecule has 1 aromatic heterocycles. The van der Waals surface area contributed by atoms with Gasteiger partial charge in [-0.3, -0.25) is 0 Å². The van der Waals surface area contributed by atoms with Crippen LogP contribution in [0.4, 0.5) is 0 Å². The average Bonchev–Trinajstić information content (AvgIpc) is 2.67. The maximum absolute atomic E-state index is 5.31. The van der Waals surface area contributed by atoms with Crippen LogP contribution >= 0.6 is 0 Å². The standard InChI is InChI=1S/C11H12O.C2H6/c1-8(2)9-4-3-5-11-10(9)6-7-12-11;1-2/h3-8H,1-2H3;1-2H3. The van der Waals surface area contributed by atoms with E-state index in [-0.39, 0.29) is 0 Å². The molecule has 1 heteroatoms. The number of hydrogen-bond acceptors (Lipinski definition) is 1. The molecule has 0 saturated heterocycles. The van der Waals surface area contributed by atoms with Gasteiger partial charge < -0.3 is 4.42 Å². The van der Waals surface area contributed by atoms with Crippen LogP contribution in [0, 0.1) is 0 Å². The van der Waals surface area contributed by atoms with Gasteiger partial charge >= 0.3 is 0 Å². The molecule has 1 nitrogen and oxygen atoms in total. The van der Waals surface area contributed by atoms with E-state index in [9.17, 15) is 0 Å². The molecule has 0 unspecified atom stereocenters. The Balaban J connectivity index is 0.000000461. The van der Waals surface area contributed by atoms with Crippen LogP contribution in [0.25, 0.3) is 11.0 Å². The van der Waals surface area contributed by atoms with Crippen molar-refractivity contribution in [2.45, 2.75) is 33.6 Å². The molecule has 0 aliphatic heterocycles. The van der Waals surface area contributed by atoms with Gasteiger partial charge in [0.2, 0.25) is 0 Å². The molecule has 0 saturated carbocycles. The lowest BCUT2D eigenvalue weighted by Crippen LogP contribution is -1.86. The van der Waals surface area contributed by atoms with E-state index in [0.717, 1.165) is 5.58 Å². The van der Waals surface area contributed by atoms with Crippen molar-refractivity contribution >= 4 is 11.0 Å². The zero-order valence-electron chi connectivity index (χ0n) is 9.37.